The third-order valence-corrected chi connectivity index (χ3v) is 3.50. The Labute approximate surface area is 112 Å². The van der Waals surface area contributed by atoms with Crippen LogP contribution in [0.1, 0.15) is 17.5 Å². The van der Waals surface area contributed by atoms with E-state index in [0.717, 1.165) is 16.8 Å². The van der Waals surface area contributed by atoms with Gasteiger partial charge in [-0.15, -0.1) is 0 Å². The average molecular weight is 252 g/mol. The van der Waals surface area contributed by atoms with Gasteiger partial charge in [0.25, 0.3) is 0 Å². The monoisotopic (exact) mass is 252 g/mol. The highest BCUT2D eigenvalue weighted by Crippen LogP contribution is 2.40. The molecular weight excluding hydrogens is 236 g/mol. The van der Waals surface area contributed by atoms with Crippen molar-refractivity contribution in [2.24, 2.45) is 10.9 Å². The fourth-order valence-electron chi connectivity index (χ4n) is 2.49. The van der Waals surface area contributed by atoms with Crippen LogP contribution >= 0.6 is 0 Å². The van der Waals surface area contributed by atoms with Crippen LogP contribution in [0.2, 0.25) is 0 Å². The van der Waals surface area contributed by atoms with E-state index in [2.05, 4.69) is 29.4 Å². The molecule has 0 saturated carbocycles. The number of hydrogen-bond acceptors (Lipinski definition) is 3. The van der Waals surface area contributed by atoms with Gasteiger partial charge in [-0.1, -0.05) is 65.8 Å². The Morgan fingerprint density at radius 2 is 1.47 bits per heavy atom. The van der Waals surface area contributed by atoms with E-state index in [1.54, 1.807) is 0 Å². The quantitative estimate of drug-likeness (QED) is 0.913. The zero-order valence-corrected chi connectivity index (χ0v) is 10.6. The van der Waals surface area contributed by atoms with Crippen molar-refractivity contribution in [2.45, 2.75) is 12.0 Å². The Morgan fingerprint density at radius 3 is 1.89 bits per heavy atom. The summed E-state index contributed by atoms with van der Waals surface area (Å²) in [6, 6.07) is 20.4. The summed E-state index contributed by atoms with van der Waals surface area (Å²) in [5.41, 5.74) is 8.28. The van der Waals surface area contributed by atoms with Gasteiger partial charge in [0.05, 0.1) is 5.71 Å². The van der Waals surface area contributed by atoms with Gasteiger partial charge in [-0.25, -0.2) is 0 Å². The maximum Gasteiger partial charge on any atom is 0.193 e. The summed E-state index contributed by atoms with van der Waals surface area (Å²) in [5.74, 6) is 0. The van der Waals surface area contributed by atoms with E-state index in [4.69, 9.17) is 10.6 Å². The molecule has 0 radical (unpaired) electrons. The van der Waals surface area contributed by atoms with Crippen molar-refractivity contribution in [1.29, 1.82) is 0 Å². The lowest BCUT2D eigenvalue weighted by Gasteiger charge is -2.27. The van der Waals surface area contributed by atoms with Gasteiger partial charge < -0.3 is 10.6 Å². The maximum absolute atomic E-state index is 5.82. The van der Waals surface area contributed by atoms with Gasteiger partial charge in [-0.3, -0.25) is 0 Å². The van der Waals surface area contributed by atoms with E-state index in [1.165, 1.54) is 0 Å². The summed E-state index contributed by atoms with van der Waals surface area (Å²) in [6.45, 7) is 0.432. The van der Waals surface area contributed by atoms with E-state index < -0.39 is 5.60 Å². The number of nitrogens with two attached hydrogens (primary N) is 1. The smallest absolute Gasteiger partial charge is 0.193 e. The number of rotatable bonds is 3. The minimum Gasteiger partial charge on any atom is -0.379 e. The fourth-order valence-corrected chi connectivity index (χ4v) is 2.49. The summed E-state index contributed by atoms with van der Waals surface area (Å²) >= 11 is 0. The predicted octanol–water partition coefficient (Wildman–Crippen LogP) is 2.67. The van der Waals surface area contributed by atoms with Crippen molar-refractivity contribution in [3.8, 4) is 0 Å². The fraction of sp³-hybridized carbons (Fsp3) is 0.188. The van der Waals surface area contributed by atoms with Crippen LogP contribution in [0.4, 0.5) is 0 Å². The lowest BCUT2D eigenvalue weighted by molar-refractivity contribution is 0.0112. The number of benzene rings is 2. The van der Waals surface area contributed by atoms with Gasteiger partial charge in [0.15, 0.2) is 5.60 Å². The topological polar surface area (TPSA) is 47.6 Å². The first-order valence-corrected chi connectivity index (χ1v) is 6.40. The van der Waals surface area contributed by atoms with Crippen LogP contribution in [0.25, 0.3) is 0 Å². The Morgan fingerprint density at radius 1 is 0.947 bits per heavy atom. The highest BCUT2D eigenvalue weighted by molar-refractivity contribution is 5.88. The number of nitrogens with zero attached hydrogens (tertiary/aromatic N) is 1. The molecule has 0 aromatic heterocycles. The van der Waals surface area contributed by atoms with Crippen molar-refractivity contribution >= 4 is 5.71 Å². The number of oxime groups is 1. The SMILES string of the molecule is NCC1=NOC(c2ccccc2)(c2ccccc2)C1. The molecule has 1 heterocycles. The molecule has 0 saturated heterocycles. The third kappa shape index (κ3) is 2.02. The summed E-state index contributed by atoms with van der Waals surface area (Å²) in [7, 11) is 0. The van der Waals surface area contributed by atoms with Crippen LogP contribution in [0.15, 0.2) is 65.8 Å². The molecule has 0 amide bonds. The van der Waals surface area contributed by atoms with Gasteiger partial charge in [-0.2, -0.15) is 0 Å². The van der Waals surface area contributed by atoms with E-state index >= 15 is 0 Å². The van der Waals surface area contributed by atoms with Crippen molar-refractivity contribution in [3.05, 3.63) is 71.8 Å². The molecule has 1 aliphatic heterocycles. The molecule has 19 heavy (non-hydrogen) atoms. The lowest BCUT2D eigenvalue weighted by Crippen LogP contribution is -2.29. The van der Waals surface area contributed by atoms with Crippen molar-refractivity contribution in [2.75, 3.05) is 6.54 Å². The van der Waals surface area contributed by atoms with E-state index in [-0.39, 0.29) is 0 Å². The van der Waals surface area contributed by atoms with Gasteiger partial charge in [0.2, 0.25) is 0 Å². The molecular formula is C16H16N2O. The van der Waals surface area contributed by atoms with Crippen molar-refractivity contribution < 1.29 is 4.84 Å². The van der Waals surface area contributed by atoms with Crippen LogP contribution in [0, 0.1) is 0 Å². The highest BCUT2D eigenvalue weighted by Gasteiger charge is 2.42. The lowest BCUT2D eigenvalue weighted by atomic mass is 9.82. The van der Waals surface area contributed by atoms with E-state index in [1.807, 2.05) is 36.4 Å². The molecule has 3 rings (SSSR count). The molecule has 3 nitrogen and oxygen atoms in total. The van der Waals surface area contributed by atoms with Crippen molar-refractivity contribution in [1.82, 2.24) is 0 Å². The number of hydrogen-bond donors (Lipinski definition) is 1. The van der Waals surface area contributed by atoms with E-state index in [0.29, 0.717) is 13.0 Å². The zero-order valence-electron chi connectivity index (χ0n) is 10.6. The van der Waals surface area contributed by atoms with Gasteiger partial charge in [0.1, 0.15) is 0 Å². The van der Waals surface area contributed by atoms with Crippen molar-refractivity contribution in [3.63, 3.8) is 0 Å². The first-order chi connectivity index (χ1) is 9.35. The zero-order chi connectivity index (χ0) is 13.1. The molecule has 0 aliphatic carbocycles. The molecule has 0 atom stereocenters. The third-order valence-electron chi connectivity index (χ3n) is 3.50. The Bertz CT molecular complexity index is 539. The average Bonchev–Trinajstić information content (AvgIpc) is 2.95. The normalized spacial score (nSPS) is 16.8. The van der Waals surface area contributed by atoms with Gasteiger partial charge in [0, 0.05) is 24.1 Å². The minimum absolute atomic E-state index is 0.432. The molecule has 96 valence electrons. The first-order valence-electron chi connectivity index (χ1n) is 6.40. The van der Waals surface area contributed by atoms with Crippen LogP contribution in [0.5, 0.6) is 0 Å². The molecule has 2 aromatic rings. The summed E-state index contributed by atoms with van der Waals surface area (Å²) in [5, 5.41) is 4.15. The Kier molecular flexibility index (Phi) is 3.05. The molecule has 1 aliphatic rings. The Balaban J connectivity index is 2.08. The van der Waals surface area contributed by atoms with Crippen LogP contribution in [0.3, 0.4) is 0 Å². The van der Waals surface area contributed by atoms with E-state index in [9.17, 15) is 0 Å². The minimum atomic E-state index is -0.531. The molecule has 2 aromatic carbocycles. The second kappa shape index (κ2) is 4.86. The summed E-state index contributed by atoms with van der Waals surface area (Å²) < 4.78 is 0. The molecule has 0 unspecified atom stereocenters. The van der Waals surface area contributed by atoms with Gasteiger partial charge in [-0.05, 0) is 0 Å². The Hall–Kier alpha value is -2.13. The largest absolute Gasteiger partial charge is 0.379 e. The summed E-state index contributed by atoms with van der Waals surface area (Å²) in [4.78, 5) is 5.82. The molecule has 2 N–H and O–H groups in total. The molecule has 0 fully saturated rings. The molecule has 0 spiro atoms. The second-order valence-corrected chi connectivity index (χ2v) is 4.69. The molecule has 3 heteroatoms. The predicted molar refractivity (Wildman–Crippen MR) is 75.9 cm³/mol. The maximum atomic E-state index is 5.82. The van der Waals surface area contributed by atoms with Crippen LogP contribution in [-0.2, 0) is 10.4 Å². The highest BCUT2D eigenvalue weighted by atomic mass is 16.7. The van der Waals surface area contributed by atoms with Gasteiger partial charge >= 0.3 is 0 Å². The summed E-state index contributed by atoms with van der Waals surface area (Å²) in [6.07, 6.45) is 0.706. The first kappa shape index (κ1) is 11.9. The molecule has 0 bridgehead atoms. The standard InChI is InChI=1S/C16H16N2O/c17-12-15-11-16(19-18-15,13-7-3-1-4-8-13)14-9-5-2-6-10-14/h1-10H,11-12,17H2. The second-order valence-electron chi connectivity index (χ2n) is 4.69. The van der Waals surface area contributed by atoms with Crippen LogP contribution in [-0.4, -0.2) is 12.3 Å². The van der Waals surface area contributed by atoms with Crippen LogP contribution < -0.4 is 5.73 Å².